The molecule has 0 aliphatic heterocycles. The molecule has 15 heavy (non-hydrogen) atoms. The van der Waals surface area contributed by atoms with E-state index in [0.29, 0.717) is 13.0 Å². The molecule has 0 bridgehead atoms. The first-order valence-corrected chi connectivity index (χ1v) is 5.34. The Hall–Kier alpha value is -1.30. The van der Waals surface area contributed by atoms with Crippen molar-refractivity contribution in [2.24, 2.45) is 5.41 Å². The first kappa shape index (κ1) is 13.7. The van der Waals surface area contributed by atoms with Crippen LogP contribution in [-0.4, -0.2) is 12.6 Å². The number of ether oxygens (including phenoxy) is 1. The highest BCUT2D eigenvalue weighted by Gasteiger charge is 2.40. The van der Waals surface area contributed by atoms with Crippen molar-refractivity contribution in [2.45, 2.75) is 40.5 Å². The highest BCUT2D eigenvalue weighted by molar-refractivity contribution is 5.83. The van der Waals surface area contributed by atoms with E-state index in [1.165, 1.54) is 0 Å². The molecule has 0 heterocycles. The summed E-state index contributed by atoms with van der Waals surface area (Å²) < 4.78 is 4.95. The fraction of sp³-hybridized carbons (Fsp3) is 0.667. The Kier molecular flexibility index (Phi) is 5.69. The van der Waals surface area contributed by atoms with E-state index in [-0.39, 0.29) is 0 Å². The molecule has 0 rings (SSSR count). The number of nitrogens with zero attached hydrogens (tertiary/aromatic N) is 1. The van der Waals surface area contributed by atoms with Gasteiger partial charge in [0.15, 0.2) is 5.41 Å². The van der Waals surface area contributed by atoms with Gasteiger partial charge in [-0.1, -0.05) is 19.9 Å². The van der Waals surface area contributed by atoms with Crippen molar-refractivity contribution in [2.75, 3.05) is 6.61 Å². The lowest BCUT2D eigenvalue weighted by atomic mass is 9.79. The third-order valence-corrected chi connectivity index (χ3v) is 2.53. The smallest absolute Gasteiger partial charge is 0.330 e. The van der Waals surface area contributed by atoms with Gasteiger partial charge in [-0.25, -0.2) is 4.79 Å². The second-order valence-corrected chi connectivity index (χ2v) is 3.39. The van der Waals surface area contributed by atoms with Gasteiger partial charge < -0.3 is 4.74 Å². The molecule has 0 fully saturated rings. The highest BCUT2D eigenvalue weighted by Crippen LogP contribution is 2.32. The summed E-state index contributed by atoms with van der Waals surface area (Å²) in [5.41, 5.74) is -0.306. The van der Waals surface area contributed by atoms with E-state index in [2.05, 4.69) is 6.07 Å². The number of esters is 1. The van der Waals surface area contributed by atoms with E-state index < -0.39 is 11.4 Å². The molecule has 0 aromatic carbocycles. The average molecular weight is 209 g/mol. The van der Waals surface area contributed by atoms with Crippen LogP contribution >= 0.6 is 0 Å². The van der Waals surface area contributed by atoms with E-state index in [0.717, 1.165) is 12.0 Å². The average Bonchev–Trinajstić information content (AvgIpc) is 2.21. The molecule has 0 saturated heterocycles. The molecule has 0 spiro atoms. The maximum Gasteiger partial charge on any atom is 0.330 e. The zero-order valence-corrected chi connectivity index (χ0v) is 9.96. The van der Waals surface area contributed by atoms with Crippen LogP contribution in [0.25, 0.3) is 0 Å². The molecular weight excluding hydrogens is 190 g/mol. The third kappa shape index (κ3) is 2.82. The van der Waals surface area contributed by atoms with Crippen molar-refractivity contribution in [1.29, 1.82) is 5.26 Å². The molecule has 3 nitrogen and oxygen atoms in total. The molecule has 0 aromatic rings. The van der Waals surface area contributed by atoms with Crippen molar-refractivity contribution in [1.82, 2.24) is 0 Å². The zero-order valence-electron chi connectivity index (χ0n) is 9.96. The van der Waals surface area contributed by atoms with Crippen LogP contribution in [0.4, 0.5) is 0 Å². The van der Waals surface area contributed by atoms with Gasteiger partial charge in [0, 0.05) is 0 Å². The van der Waals surface area contributed by atoms with E-state index in [9.17, 15) is 10.1 Å². The molecule has 0 amide bonds. The van der Waals surface area contributed by atoms with Gasteiger partial charge in [-0.3, -0.25) is 0 Å². The molecule has 0 aliphatic carbocycles. The predicted molar refractivity (Wildman–Crippen MR) is 59.0 cm³/mol. The fourth-order valence-corrected chi connectivity index (χ4v) is 1.53. The van der Waals surface area contributed by atoms with Gasteiger partial charge in [-0.05, 0) is 32.3 Å². The van der Waals surface area contributed by atoms with Crippen LogP contribution in [0.2, 0.25) is 0 Å². The molecule has 0 aliphatic rings. The summed E-state index contributed by atoms with van der Waals surface area (Å²) in [7, 11) is 0. The van der Waals surface area contributed by atoms with Crippen LogP contribution < -0.4 is 0 Å². The summed E-state index contributed by atoms with van der Waals surface area (Å²) in [5.74, 6) is -0.433. The van der Waals surface area contributed by atoms with E-state index >= 15 is 0 Å². The summed E-state index contributed by atoms with van der Waals surface area (Å²) in [6, 6.07) is 2.09. The van der Waals surface area contributed by atoms with Crippen molar-refractivity contribution >= 4 is 5.97 Å². The van der Waals surface area contributed by atoms with E-state index in [4.69, 9.17) is 4.74 Å². The predicted octanol–water partition coefficient (Wildman–Crippen LogP) is 2.83. The first-order chi connectivity index (χ1) is 7.08. The monoisotopic (exact) mass is 209 g/mol. The quantitative estimate of drug-likeness (QED) is 0.516. The standard InChI is InChI=1S/C12H19NO2/c1-5-8-10(4)12(6-2,9-13)11(14)15-7-3/h8H,5-7H2,1-4H3/b10-8-/t12-/m0/s1. The number of hydrogen-bond donors (Lipinski definition) is 0. The topological polar surface area (TPSA) is 50.1 Å². The lowest BCUT2D eigenvalue weighted by Crippen LogP contribution is -2.32. The molecular formula is C12H19NO2. The molecule has 0 aromatic heterocycles. The Labute approximate surface area is 91.7 Å². The number of rotatable bonds is 5. The lowest BCUT2D eigenvalue weighted by molar-refractivity contribution is -0.150. The summed E-state index contributed by atoms with van der Waals surface area (Å²) in [6.45, 7) is 7.67. The van der Waals surface area contributed by atoms with Crippen LogP contribution in [-0.2, 0) is 9.53 Å². The van der Waals surface area contributed by atoms with Gasteiger partial charge >= 0.3 is 5.97 Å². The summed E-state index contributed by atoms with van der Waals surface area (Å²) >= 11 is 0. The molecule has 84 valence electrons. The summed E-state index contributed by atoms with van der Waals surface area (Å²) in [5, 5.41) is 9.18. The highest BCUT2D eigenvalue weighted by atomic mass is 16.5. The Bertz CT molecular complexity index is 288. The van der Waals surface area contributed by atoms with Crippen molar-refractivity contribution in [3.63, 3.8) is 0 Å². The number of hydrogen-bond acceptors (Lipinski definition) is 3. The number of allylic oxidation sites excluding steroid dienone is 1. The summed E-state index contributed by atoms with van der Waals surface area (Å²) in [4.78, 5) is 11.8. The summed E-state index contributed by atoms with van der Waals surface area (Å²) in [6.07, 6.45) is 3.17. The van der Waals surface area contributed by atoms with Crippen molar-refractivity contribution in [3.05, 3.63) is 11.6 Å². The molecule has 0 unspecified atom stereocenters. The van der Waals surface area contributed by atoms with Crippen LogP contribution in [0, 0.1) is 16.7 Å². The van der Waals surface area contributed by atoms with Gasteiger partial charge in [-0.15, -0.1) is 0 Å². The third-order valence-electron chi connectivity index (χ3n) is 2.53. The minimum Gasteiger partial charge on any atom is -0.465 e. The number of carbonyl (C=O) groups excluding carboxylic acids is 1. The van der Waals surface area contributed by atoms with E-state index in [1.54, 1.807) is 6.92 Å². The fourth-order valence-electron chi connectivity index (χ4n) is 1.53. The normalized spacial score (nSPS) is 15.3. The van der Waals surface area contributed by atoms with Crippen molar-refractivity contribution < 1.29 is 9.53 Å². The van der Waals surface area contributed by atoms with Gasteiger partial charge in [0.1, 0.15) is 0 Å². The maximum absolute atomic E-state index is 11.8. The van der Waals surface area contributed by atoms with Gasteiger partial charge in [0.25, 0.3) is 0 Å². The molecule has 0 saturated carbocycles. The molecule has 0 N–H and O–H groups in total. The molecule has 1 atom stereocenters. The Morgan fingerprint density at radius 3 is 2.40 bits per heavy atom. The molecule has 0 radical (unpaired) electrons. The Balaban J connectivity index is 5.15. The number of nitriles is 1. The van der Waals surface area contributed by atoms with Crippen LogP contribution in [0.3, 0.4) is 0 Å². The van der Waals surface area contributed by atoms with E-state index in [1.807, 2.05) is 26.8 Å². The lowest BCUT2D eigenvalue weighted by Gasteiger charge is -2.23. The minimum absolute atomic E-state index is 0.307. The SMILES string of the molecule is CC/C=C(/C)[C@@](C#N)(CC)C(=O)OCC. The Morgan fingerprint density at radius 1 is 1.47 bits per heavy atom. The minimum atomic E-state index is -1.09. The molecule has 3 heteroatoms. The van der Waals surface area contributed by atoms with Gasteiger partial charge in [0.05, 0.1) is 12.7 Å². The second-order valence-electron chi connectivity index (χ2n) is 3.39. The van der Waals surface area contributed by atoms with Crippen LogP contribution in [0.15, 0.2) is 11.6 Å². The maximum atomic E-state index is 11.8. The Morgan fingerprint density at radius 2 is 2.07 bits per heavy atom. The van der Waals surface area contributed by atoms with Gasteiger partial charge in [0.2, 0.25) is 0 Å². The number of carbonyl (C=O) groups is 1. The van der Waals surface area contributed by atoms with Crippen LogP contribution in [0.5, 0.6) is 0 Å². The van der Waals surface area contributed by atoms with Crippen molar-refractivity contribution in [3.8, 4) is 6.07 Å². The largest absolute Gasteiger partial charge is 0.465 e. The first-order valence-electron chi connectivity index (χ1n) is 5.34. The van der Waals surface area contributed by atoms with Gasteiger partial charge in [-0.2, -0.15) is 5.26 Å². The van der Waals surface area contributed by atoms with Crippen LogP contribution in [0.1, 0.15) is 40.5 Å². The zero-order chi connectivity index (χ0) is 11.9. The second kappa shape index (κ2) is 6.23.